The molecule has 122 valence electrons. The molecule has 1 aromatic heterocycles. The van der Waals surface area contributed by atoms with Gasteiger partial charge in [0.05, 0.1) is 18.7 Å². The summed E-state index contributed by atoms with van der Waals surface area (Å²) in [6.45, 7) is 0.0905. The molecule has 0 saturated carbocycles. The van der Waals surface area contributed by atoms with Gasteiger partial charge < -0.3 is 15.2 Å². The van der Waals surface area contributed by atoms with E-state index in [1.165, 1.54) is 10.9 Å². The maximum Gasteiger partial charge on any atom is 0.407 e. The number of rotatable bonds is 6. The van der Waals surface area contributed by atoms with Crippen LogP contribution in [0.1, 0.15) is 23.6 Å². The van der Waals surface area contributed by atoms with Crippen LogP contribution in [0, 0.1) is 0 Å². The molecular formula is C15H16ClN3O4. The van der Waals surface area contributed by atoms with Crippen molar-refractivity contribution in [2.45, 2.75) is 19.1 Å². The van der Waals surface area contributed by atoms with Crippen LogP contribution in [0.2, 0.25) is 5.15 Å². The van der Waals surface area contributed by atoms with E-state index < -0.39 is 18.1 Å². The predicted octanol–water partition coefficient (Wildman–Crippen LogP) is 2.52. The number of amides is 1. The van der Waals surface area contributed by atoms with Crippen LogP contribution >= 0.6 is 11.6 Å². The lowest BCUT2D eigenvalue weighted by Gasteiger charge is -2.16. The quantitative estimate of drug-likeness (QED) is 0.844. The minimum absolute atomic E-state index is 0.0905. The van der Waals surface area contributed by atoms with E-state index in [4.69, 9.17) is 21.4 Å². The molecule has 0 spiro atoms. The number of carboxylic acids is 1. The first kappa shape index (κ1) is 16.8. The number of hydrogen-bond donors (Lipinski definition) is 2. The standard InChI is InChI=1S/C15H16ClN3O4/c1-19-14(16)11(8-17-19)12(7-13(20)21)18-15(22)23-9-10-5-3-2-4-6-10/h2-6,8,12H,7,9H2,1H3,(H,18,22)(H,20,21). The smallest absolute Gasteiger partial charge is 0.407 e. The molecule has 0 aliphatic heterocycles. The third-order valence-corrected chi connectivity index (χ3v) is 3.61. The van der Waals surface area contributed by atoms with Gasteiger partial charge in [0.15, 0.2) is 0 Å². The van der Waals surface area contributed by atoms with Gasteiger partial charge in [-0.3, -0.25) is 9.48 Å². The highest BCUT2D eigenvalue weighted by atomic mass is 35.5. The van der Waals surface area contributed by atoms with Gasteiger partial charge in [0, 0.05) is 12.6 Å². The summed E-state index contributed by atoms with van der Waals surface area (Å²) in [5, 5.41) is 15.7. The molecule has 0 fully saturated rings. The van der Waals surface area contributed by atoms with Crippen LogP contribution < -0.4 is 5.32 Å². The molecule has 0 radical (unpaired) electrons. The number of halogens is 1. The number of carbonyl (C=O) groups is 2. The maximum atomic E-state index is 11.9. The Labute approximate surface area is 137 Å². The normalized spacial score (nSPS) is 11.7. The van der Waals surface area contributed by atoms with Gasteiger partial charge >= 0.3 is 12.1 Å². The molecule has 0 aliphatic carbocycles. The van der Waals surface area contributed by atoms with Gasteiger partial charge in [0.25, 0.3) is 0 Å². The Kier molecular flexibility index (Phi) is 5.59. The van der Waals surface area contributed by atoms with E-state index >= 15 is 0 Å². The number of aliphatic carboxylic acids is 1. The molecule has 1 aromatic carbocycles. The van der Waals surface area contributed by atoms with E-state index in [1.54, 1.807) is 7.05 Å². The largest absolute Gasteiger partial charge is 0.481 e. The molecule has 2 rings (SSSR count). The van der Waals surface area contributed by atoms with E-state index in [-0.39, 0.29) is 18.2 Å². The van der Waals surface area contributed by atoms with Gasteiger partial charge in [0.2, 0.25) is 0 Å². The number of aryl methyl sites for hydroxylation is 1. The zero-order valence-electron chi connectivity index (χ0n) is 12.4. The van der Waals surface area contributed by atoms with Crippen molar-refractivity contribution in [3.05, 3.63) is 52.8 Å². The van der Waals surface area contributed by atoms with E-state index in [0.717, 1.165) is 5.56 Å². The van der Waals surface area contributed by atoms with Crippen LogP contribution in [0.4, 0.5) is 4.79 Å². The predicted molar refractivity (Wildman–Crippen MR) is 83.0 cm³/mol. The number of nitrogens with zero attached hydrogens (tertiary/aromatic N) is 2. The second-order valence-corrected chi connectivity index (χ2v) is 5.23. The van der Waals surface area contributed by atoms with Crippen molar-refractivity contribution >= 4 is 23.7 Å². The van der Waals surface area contributed by atoms with Gasteiger partial charge in [-0.1, -0.05) is 41.9 Å². The van der Waals surface area contributed by atoms with Crippen LogP contribution in [0.5, 0.6) is 0 Å². The van der Waals surface area contributed by atoms with Crippen molar-refractivity contribution in [1.29, 1.82) is 0 Å². The first-order valence-corrected chi connectivity index (χ1v) is 7.21. The molecule has 0 aliphatic rings. The second kappa shape index (κ2) is 7.64. The molecule has 2 aromatic rings. The molecule has 1 unspecified atom stereocenters. The first-order valence-electron chi connectivity index (χ1n) is 6.83. The highest BCUT2D eigenvalue weighted by molar-refractivity contribution is 6.30. The monoisotopic (exact) mass is 337 g/mol. The summed E-state index contributed by atoms with van der Waals surface area (Å²) in [4.78, 5) is 22.9. The number of nitrogens with one attached hydrogen (secondary N) is 1. The topological polar surface area (TPSA) is 93.5 Å². The Morgan fingerprint density at radius 3 is 2.65 bits per heavy atom. The van der Waals surface area contributed by atoms with E-state index in [1.807, 2.05) is 30.3 Å². The maximum absolute atomic E-state index is 11.9. The Balaban J connectivity index is 2.01. The van der Waals surface area contributed by atoms with E-state index in [9.17, 15) is 9.59 Å². The van der Waals surface area contributed by atoms with Crippen molar-refractivity contribution in [3.8, 4) is 0 Å². The van der Waals surface area contributed by atoms with Gasteiger partial charge in [-0.2, -0.15) is 5.10 Å². The average Bonchev–Trinajstić information content (AvgIpc) is 2.85. The van der Waals surface area contributed by atoms with Crippen LogP contribution in [0.25, 0.3) is 0 Å². The average molecular weight is 338 g/mol. The SMILES string of the molecule is Cn1ncc(C(CC(=O)O)NC(=O)OCc2ccccc2)c1Cl. The minimum Gasteiger partial charge on any atom is -0.481 e. The summed E-state index contributed by atoms with van der Waals surface area (Å²) in [6.07, 6.45) is 0.374. The van der Waals surface area contributed by atoms with Crippen molar-refractivity contribution in [2.75, 3.05) is 0 Å². The third kappa shape index (κ3) is 4.72. The van der Waals surface area contributed by atoms with Crippen LogP contribution in [0.15, 0.2) is 36.5 Å². The fourth-order valence-corrected chi connectivity index (χ4v) is 2.22. The van der Waals surface area contributed by atoms with E-state index in [2.05, 4.69) is 10.4 Å². The van der Waals surface area contributed by atoms with Crippen molar-refractivity contribution in [1.82, 2.24) is 15.1 Å². The lowest BCUT2D eigenvalue weighted by molar-refractivity contribution is -0.137. The fraction of sp³-hybridized carbons (Fsp3) is 0.267. The lowest BCUT2D eigenvalue weighted by Crippen LogP contribution is -2.30. The van der Waals surface area contributed by atoms with Gasteiger partial charge in [-0.25, -0.2) is 4.79 Å². The van der Waals surface area contributed by atoms with Crippen LogP contribution in [-0.2, 0) is 23.2 Å². The Morgan fingerprint density at radius 1 is 1.39 bits per heavy atom. The summed E-state index contributed by atoms with van der Waals surface area (Å²) in [5.74, 6) is -1.07. The number of ether oxygens (including phenoxy) is 1. The highest BCUT2D eigenvalue weighted by Gasteiger charge is 2.23. The summed E-state index contributed by atoms with van der Waals surface area (Å²) in [5.41, 5.74) is 1.25. The molecule has 1 atom stereocenters. The zero-order valence-corrected chi connectivity index (χ0v) is 13.2. The minimum atomic E-state index is -1.07. The van der Waals surface area contributed by atoms with Gasteiger partial charge in [-0.15, -0.1) is 0 Å². The summed E-state index contributed by atoms with van der Waals surface area (Å²) >= 11 is 6.06. The number of alkyl carbamates (subject to hydrolysis) is 1. The summed E-state index contributed by atoms with van der Waals surface area (Å²) in [6, 6.07) is 8.34. The van der Waals surface area contributed by atoms with Gasteiger partial charge in [0.1, 0.15) is 11.8 Å². The fourth-order valence-electron chi connectivity index (χ4n) is 1.99. The summed E-state index contributed by atoms with van der Waals surface area (Å²) in [7, 11) is 1.62. The van der Waals surface area contributed by atoms with Crippen LogP contribution in [-0.4, -0.2) is 26.9 Å². The third-order valence-electron chi connectivity index (χ3n) is 3.15. The first-order chi connectivity index (χ1) is 11.0. The summed E-state index contributed by atoms with van der Waals surface area (Å²) < 4.78 is 6.49. The number of carboxylic acid groups (broad SMARTS) is 1. The molecule has 2 N–H and O–H groups in total. The lowest BCUT2D eigenvalue weighted by atomic mass is 10.1. The van der Waals surface area contributed by atoms with Gasteiger partial charge in [-0.05, 0) is 5.56 Å². The number of carbonyl (C=O) groups excluding carboxylic acids is 1. The molecule has 1 amide bonds. The molecule has 0 saturated heterocycles. The van der Waals surface area contributed by atoms with E-state index in [0.29, 0.717) is 5.56 Å². The molecule has 8 heteroatoms. The number of benzene rings is 1. The zero-order chi connectivity index (χ0) is 16.8. The van der Waals surface area contributed by atoms with Crippen LogP contribution in [0.3, 0.4) is 0 Å². The highest BCUT2D eigenvalue weighted by Crippen LogP contribution is 2.24. The Bertz CT molecular complexity index is 687. The Hall–Kier alpha value is -2.54. The molecule has 1 heterocycles. The number of hydrogen-bond acceptors (Lipinski definition) is 4. The van der Waals surface area contributed by atoms with Crippen molar-refractivity contribution in [3.63, 3.8) is 0 Å². The molecule has 0 bridgehead atoms. The molecule has 7 nitrogen and oxygen atoms in total. The molecular weight excluding hydrogens is 322 g/mol. The van der Waals surface area contributed by atoms with Crippen molar-refractivity contribution in [2.24, 2.45) is 7.05 Å². The molecule has 23 heavy (non-hydrogen) atoms. The van der Waals surface area contributed by atoms with Crippen molar-refractivity contribution < 1.29 is 19.4 Å². The Morgan fingerprint density at radius 2 is 2.09 bits per heavy atom. The second-order valence-electron chi connectivity index (χ2n) is 4.87. The number of aromatic nitrogens is 2.